The van der Waals surface area contributed by atoms with Crippen LogP contribution in [-0.2, 0) is 20.8 Å². The molecule has 80 valence electrons. The van der Waals surface area contributed by atoms with Crippen LogP contribution in [0.1, 0.15) is 6.92 Å². The largest absolute Gasteiger partial charge is 0.315 e. The van der Waals surface area contributed by atoms with E-state index in [4.69, 9.17) is 5.14 Å². The molecule has 13 heavy (non-hydrogen) atoms. The maximum atomic E-state index is 10.9. The molecule has 0 aromatic carbocycles. The van der Waals surface area contributed by atoms with Crippen molar-refractivity contribution in [2.75, 3.05) is 30.3 Å². The van der Waals surface area contributed by atoms with Crippen LogP contribution in [0.25, 0.3) is 0 Å². The van der Waals surface area contributed by atoms with E-state index in [-0.39, 0.29) is 5.75 Å². The molecule has 3 N–H and O–H groups in total. The first-order valence-electron chi connectivity index (χ1n) is 4.02. The van der Waals surface area contributed by atoms with E-state index in [0.29, 0.717) is 24.6 Å². The zero-order chi connectivity index (χ0) is 10.3. The van der Waals surface area contributed by atoms with Crippen LogP contribution in [0.3, 0.4) is 0 Å². The van der Waals surface area contributed by atoms with Crippen molar-refractivity contribution in [3.05, 3.63) is 0 Å². The van der Waals surface area contributed by atoms with Gasteiger partial charge in [0, 0.05) is 35.4 Å². The highest BCUT2D eigenvalue weighted by atomic mass is 32.2. The first-order valence-corrected chi connectivity index (χ1v) is 7.22. The van der Waals surface area contributed by atoms with Crippen LogP contribution in [0.4, 0.5) is 0 Å². The van der Waals surface area contributed by atoms with Crippen molar-refractivity contribution in [2.45, 2.75) is 6.92 Å². The van der Waals surface area contributed by atoms with Crippen LogP contribution in [-0.4, -0.2) is 43.0 Å². The van der Waals surface area contributed by atoms with E-state index >= 15 is 0 Å². The summed E-state index contributed by atoms with van der Waals surface area (Å²) < 4.78 is 31.8. The van der Waals surface area contributed by atoms with Crippen LogP contribution in [0.5, 0.6) is 0 Å². The normalized spacial score (nSPS) is 14.3. The van der Waals surface area contributed by atoms with Gasteiger partial charge in [-0.1, -0.05) is 6.92 Å². The highest BCUT2D eigenvalue weighted by Crippen LogP contribution is 1.79. The summed E-state index contributed by atoms with van der Waals surface area (Å²) in [6.07, 6.45) is 0. The van der Waals surface area contributed by atoms with E-state index in [2.05, 4.69) is 5.32 Å². The SMILES string of the molecule is CCS(=O)CCNCCS(N)(=O)=O. The van der Waals surface area contributed by atoms with Gasteiger partial charge in [-0.2, -0.15) is 0 Å². The van der Waals surface area contributed by atoms with Gasteiger partial charge in [0.1, 0.15) is 0 Å². The minimum Gasteiger partial charge on any atom is -0.315 e. The van der Waals surface area contributed by atoms with Gasteiger partial charge in [-0.25, -0.2) is 13.6 Å². The summed E-state index contributed by atoms with van der Waals surface area (Å²) in [7, 11) is -4.16. The van der Waals surface area contributed by atoms with Gasteiger partial charge in [-0.3, -0.25) is 4.21 Å². The van der Waals surface area contributed by atoms with Crippen molar-refractivity contribution >= 4 is 20.8 Å². The van der Waals surface area contributed by atoms with Crippen LogP contribution in [0, 0.1) is 0 Å². The molecule has 0 rings (SSSR count). The maximum absolute atomic E-state index is 10.9. The summed E-state index contributed by atoms with van der Waals surface area (Å²) in [6.45, 7) is 2.73. The van der Waals surface area contributed by atoms with Crippen molar-refractivity contribution in [1.82, 2.24) is 5.32 Å². The van der Waals surface area contributed by atoms with Gasteiger partial charge in [-0.15, -0.1) is 0 Å². The molecule has 1 atom stereocenters. The predicted octanol–water partition coefficient (Wildman–Crippen LogP) is -1.37. The number of primary sulfonamides is 1. The molecular formula is C6H16N2O3S2. The fourth-order valence-corrected chi connectivity index (χ4v) is 1.76. The fourth-order valence-electron chi connectivity index (χ4n) is 0.670. The minimum absolute atomic E-state index is 0.0776. The van der Waals surface area contributed by atoms with Gasteiger partial charge in [-0.05, 0) is 0 Å². The van der Waals surface area contributed by atoms with Crippen LogP contribution in [0.15, 0.2) is 0 Å². The third kappa shape index (κ3) is 9.94. The maximum Gasteiger partial charge on any atom is 0.210 e. The van der Waals surface area contributed by atoms with Crippen molar-refractivity contribution < 1.29 is 12.6 Å². The monoisotopic (exact) mass is 228 g/mol. The Morgan fingerprint density at radius 1 is 1.38 bits per heavy atom. The first-order chi connectivity index (χ1) is 5.95. The lowest BCUT2D eigenvalue weighted by molar-refractivity contribution is 0.593. The van der Waals surface area contributed by atoms with Crippen molar-refractivity contribution in [3.8, 4) is 0 Å². The molecule has 7 heteroatoms. The average Bonchev–Trinajstić information content (AvgIpc) is 2.01. The van der Waals surface area contributed by atoms with E-state index in [1.165, 1.54) is 0 Å². The lowest BCUT2D eigenvalue weighted by Gasteiger charge is -2.02. The van der Waals surface area contributed by atoms with Crippen LogP contribution >= 0.6 is 0 Å². The molecule has 0 spiro atoms. The summed E-state index contributed by atoms with van der Waals surface area (Å²) in [5, 5.41) is 7.63. The molecule has 0 fully saturated rings. The summed E-state index contributed by atoms with van der Waals surface area (Å²) in [5.41, 5.74) is 0. The molecule has 0 heterocycles. The number of nitrogens with one attached hydrogen (secondary N) is 1. The Bertz CT molecular complexity index is 251. The lowest BCUT2D eigenvalue weighted by Crippen LogP contribution is -2.29. The number of hydrogen-bond donors (Lipinski definition) is 2. The number of rotatable bonds is 7. The van der Waals surface area contributed by atoms with E-state index in [1.54, 1.807) is 0 Å². The van der Waals surface area contributed by atoms with Gasteiger partial charge >= 0.3 is 0 Å². The van der Waals surface area contributed by atoms with Crippen molar-refractivity contribution in [1.29, 1.82) is 0 Å². The Kier molecular flexibility index (Phi) is 6.48. The van der Waals surface area contributed by atoms with E-state index in [9.17, 15) is 12.6 Å². The lowest BCUT2D eigenvalue weighted by atomic mass is 10.7. The number of nitrogens with two attached hydrogens (primary N) is 1. The smallest absolute Gasteiger partial charge is 0.210 e. The van der Waals surface area contributed by atoms with E-state index < -0.39 is 20.8 Å². The van der Waals surface area contributed by atoms with Gasteiger partial charge in [0.25, 0.3) is 0 Å². The Hall–Kier alpha value is 0.0200. The standard InChI is InChI=1S/C6H16N2O3S2/c1-2-12(9)5-3-8-4-6-13(7,10)11/h8H,2-6H2,1H3,(H2,7,10,11). The van der Waals surface area contributed by atoms with Gasteiger partial charge in [0.2, 0.25) is 10.0 Å². The third-order valence-electron chi connectivity index (χ3n) is 1.39. The first kappa shape index (κ1) is 13.0. The summed E-state index contributed by atoms with van der Waals surface area (Å²) in [6, 6.07) is 0. The molecule has 0 saturated carbocycles. The second-order valence-corrected chi connectivity index (χ2v) is 6.15. The van der Waals surface area contributed by atoms with Crippen LogP contribution in [0.2, 0.25) is 0 Å². The second-order valence-electron chi connectivity index (χ2n) is 2.55. The quantitative estimate of drug-likeness (QED) is 0.526. The van der Waals surface area contributed by atoms with Gasteiger partial charge < -0.3 is 5.32 Å². The predicted molar refractivity (Wildman–Crippen MR) is 54.4 cm³/mol. The van der Waals surface area contributed by atoms with Crippen molar-refractivity contribution in [3.63, 3.8) is 0 Å². The molecule has 0 radical (unpaired) electrons. The molecule has 0 bridgehead atoms. The summed E-state index contributed by atoms with van der Waals surface area (Å²) >= 11 is 0. The Balaban J connectivity index is 3.33. The molecule has 0 aliphatic heterocycles. The molecule has 0 aromatic heterocycles. The topological polar surface area (TPSA) is 89.3 Å². The molecule has 0 aliphatic carbocycles. The van der Waals surface area contributed by atoms with Crippen LogP contribution < -0.4 is 10.5 Å². The molecule has 0 aromatic rings. The Morgan fingerprint density at radius 2 is 2.00 bits per heavy atom. The van der Waals surface area contributed by atoms with Gasteiger partial charge in [0.05, 0.1) is 5.75 Å². The molecule has 1 unspecified atom stereocenters. The zero-order valence-corrected chi connectivity index (χ0v) is 9.29. The minimum atomic E-state index is -3.37. The molecule has 0 amide bonds. The zero-order valence-electron chi connectivity index (χ0n) is 7.65. The summed E-state index contributed by atoms with van der Waals surface area (Å²) in [4.78, 5) is 0. The second kappa shape index (κ2) is 6.47. The Morgan fingerprint density at radius 3 is 2.46 bits per heavy atom. The van der Waals surface area contributed by atoms with Crippen molar-refractivity contribution in [2.24, 2.45) is 5.14 Å². The van der Waals surface area contributed by atoms with E-state index in [0.717, 1.165) is 0 Å². The van der Waals surface area contributed by atoms with E-state index in [1.807, 2.05) is 6.92 Å². The molecular weight excluding hydrogens is 212 g/mol. The summed E-state index contributed by atoms with van der Waals surface area (Å²) in [5.74, 6) is 1.11. The molecule has 5 nitrogen and oxygen atoms in total. The molecule has 0 aliphatic rings. The highest BCUT2D eigenvalue weighted by Gasteiger charge is 2.01. The number of hydrogen-bond acceptors (Lipinski definition) is 4. The number of sulfonamides is 1. The fraction of sp³-hybridized carbons (Fsp3) is 1.00. The highest BCUT2D eigenvalue weighted by molar-refractivity contribution is 7.89. The Labute approximate surface area is 81.6 Å². The average molecular weight is 228 g/mol. The van der Waals surface area contributed by atoms with Gasteiger partial charge in [0.15, 0.2) is 0 Å². The third-order valence-corrected chi connectivity index (χ3v) is 3.47. The molecule has 0 saturated heterocycles.